The van der Waals surface area contributed by atoms with Gasteiger partial charge in [0.2, 0.25) is 0 Å². The molecule has 1 atom stereocenters. The maximum Gasteiger partial charge on any atom is 0.178 e. The van der Waals surface area contributed by atoms with Crippen LogP contribution in [-0.2, 0) is 6.54 Å². The van der Waals surface area contributed by atoms with Crippen LogP contribution in [0.3, 0.4) is 0 Å². The number of hydrogen-bond acceptors (Lipinski definition) is 6. The predicted octanol–water partition coefficient (Wildman–Crippen LogP) is 3.48. The fourth-order valence-corrected chi connectivity index (χ4v) is 4.87. The highest BCUT2D eigenvalue weighted by molar-refractivity contribution is 5.69. The largest absolute Gasteiger partial charge is 0.491 e. The van der Waals surface area contributed by atoms with Crippen molar-refractivity contribution in [1.29, 1.82) is 0 Å². The molecule has 1 aromatic carbocycles. The summed E-state index contributed by atoms with van der Waals surface area (Å²) in [6.07, 6.45) is 4.78. The Balaban J connectivity index is 1.53. The zero-order chi connectivity index (χ0) is 22.2. The molecule has 8 nitrogen and oxygen atoms in total. The molecule has 4 heterocycles. The molecule has 0 saturated carbocycles. The van der Waals surface area contributed by atoms with E-state index in [4.69, 9.17) is 9.72 Å². The molecule has 5 rings (SSSR count). The summed E-state index contributed by atoms with van der Waals surface area (Å²) in [5, 5.41) is 4.39. The van der Waals surface area contributed by atoms with Crippen LogP contribution in [0.2, 0.25) is 0 Å². The number of ether oxygens (including phenoxy) is 1. The summed E-state index contributed by atoms with van der Waals surface area (Å²) < 4.78 is 10.2. The van der Waals surface area contributed by atoms with Gasteiger partial charge in [-0.2, -0.15) is 5.10 Å². The highest BCUT2D eigenvalue weighted by Crippen LogP contribution is 2.37. The van der Waals surface area contributed by atoms with E-state index in [1.807, 2.05) is 4.68 Å². The number of imidazole rings is 1. The molecule has 0 aliphatic carbocycles. The minimum Gasteiger partial charge on any atom is -0.491 e. The van der Waals surface area contributed by atoms with Crippen LogP contribution in [0, 0.1) is 0 Å². The van der Waals surface area contributed by atoms with Crippen LogP contribution < -0.4 is 4.74 Å². The summed E-state index contributed by atoms with van der Waals surface area (Å²) in [7, 11) is 2.20. The molecule has 2 aliphatic rings. The Morgan fingerprint density at radius 3 is 2.62 bits per heavy atom. The molecule has 8 heteroatoms. The maximum absolute atomic E-state index is 6.10. The Labute approximate surface area is 189 Å². The summed E-state index contributed by atoms with van der Waals surface area (Å²) in [5.41, 5.74) is 3.26. The molecular weight excluding hydrogens is 402 g/mol. The normalized spacial score (nSPS) is 18.2. The number of aromatic nitrogens is 5. The summed E-state index contributed by atoms with van der Waals surface area (Å²) in [6.45, 7) is 12.3. The van der Waals surface area contributed by atoms with Gasteiger partial charge in [-0.15, -0.1) is 0 Å². The van der Waals surface area contributed by atoms with Crippen molar-refractivity contribution in [3.8, 4) is 28.7 Å². The lowest BCUT2D eigenvalue weighted by molar-refractivity contribution is 0.109. The van der Waals surface area contributed by atoms with Gasteiger partial charge in [0, 0.05) is 44.5 Å². The van der Waals surface area contributed by atoms with Gasteiger partial charge in [0.15, 0.2) is 5.82 Å². The quantitative estimate of drug-likeness (QED) is 0.611. The average Bonchev–Trinajstić information content (AvgIpc) is 3.40. The Morgan fingerprint density at radius 1 is 1.06 bits per heavy atom. The van der Waals surface area contributed by atoms with Crippen LogP contribution in [0.15, 0.2) is 30.7 Å². The topological polar surface area (TPSA) is 64.2 Å². The number of fused-ring (bicyclic) bond motifs is 3. The number of rotatable bonds is 5. The lowest BCUT2D eigenvalue weighted by Gasteiger charge is -2.38. The first-order valence-electron chi connectivity index (χ1n) is 11.7. The van der Waals surface area contributed by atoms with E-state index in [2.05, 4.69) is 76.7 Å². The molecule has 2 aromatic heterocycles. The Kier molecular flexibility index (Phi) is 5.73. The lowest BCUT2D eigenvalue weighted by Crippen LogP contribution is -2.45. The molecule has 1 fully saturated rings. The fourth-order valence-electron chi connectivity index (χ4n) is 4.87. The molecule has 0 N–H and O–H groups in total. The zero-order valence-electron chi connectivity index (χ0n) is 19.5. The van der Waals surface area contributed by atoms with Gasteiger partial charge in [0.1, 0.15) is 30.2 Å². The third-order valence-corrected chi connectivity index (χ3v) is 6.65. The average molecular weight is 436 g/mol. The van der Waals surface area contributed by atoms with E-state index >= 15 is 0 Å². The molecule has 2 aliphatic heterocycles. The highest BCUT2D eigenvalue weighted by atomic mass is 16.5. The number of benzene rings is 1. The van der Waals surface area contributed by atoms with E-state index in [1.54, 1.807) is 6.33 Å². The lowest BCUT2D eigenvalue weighted by atomic mass is 9.98. The van der Waals surface area contributed by atoms with Crippen molar-refractivity contribution in [1.82, 2.24) is 34.1 Å². The molecule has 0 amide bonds. The second-order valence-corrected chi connectivity index (χ2v) is 9.13. The van der Waals surface area contributed by atoms with E-state index < -0.39 is 0 Å². The van der Waals surface area contributed by atoms with E-state index in [9.17, 15) is 0 Å². The Morgan fingerprint density at radius 2 is 1.88 bits per heavy atom. The van der Waals surface area contributed by atoms with Crippen molar-refractivity contribution in [3.05, 3.63) is 36.3 Å². The molecule has 32 heavy (non-hydrogen) atoms. The molecule has 3 aromatic rings. The smallest absolute Gasteiger partial charge is 0.178 e. The van der Waals surface area contributed by atoms with Crippen LogP contribution in [0.1, 0.15) is 44.8 Å². The maximum atomic E-state index is 6.10. The van der Waals surface area contributed by atoms with Crippen LogP contribution in [-0.4, -0.2) is 73.9 Å². The predicted molar refractivity (Wildman–Crippen MR) is 125 cm³/mol. The van der Waals surface area contributed by atoms with Gasteiger partial charge in [0.05, 0.1) is 12.1 Å². The molecular formula is C24H33N7O. The molecule has 0 bridgehead atoms. The van der Waals surface area contributed by atoms with Crippen LogP contribution in [0.25, 0.3) is 22.9 Å². The third-order valence-electron chi connectivity index (χ3n) is 6.65. The van der Waals surface area contributed by atoms with Crippen LogP contribution in [0.5, 0.6) is 5.75 Å². The Bertz CT molecular complexity index is 1080. The van der Waals surface area contributed by atoms with Gasteiger partial charge < -0.3 is 14.2 Å². The third kappa shape index (κ3) is 3.82. The van der Waals surface area contributed by atoms with Gasteiger partial charge in [-0.25, -0.2) is 14.6 Å². The van der Waals surface area contributed by atoms with E-state index in [1.165, 1.54) is 5.56 Å². The first-order chi connectivity index (χ1) is 15.5. The van der Waals surface area contributed by atoms with Crippen molar-refractivity contribution < 1.29 is 4.74 Å². The fraction of sp³-hybridized carbons (Fsp3) is 0.542. The summed E-state index contributed by atoms with van der Waals surface area (Å²) in [5.74, 6) is 2.66. The van der Waals surface area contributed by atoms with Gasteiger partial charge >= 0.3 is 0 Å². The minimum absolute atomic E-state index is 0.227. The number of hydrogen-bond donors (Lipinski definition) is 0. The first-order valence-corrected chi connectivity index (χ1v) is 11.7. The monoisotopic (exact) mass is 435 g/mol. The number of piperazine rings is 1. The molecule has 1 unspecified atom stereocenters. The molecule has 170 valence electrons. The second kappa shape index (κ2) is 8.67. The first kappa shape index (κ1) is 21.2. The van der Waals surface area contributed by atoms with E-state index in [-0.39, 0.29) is 6.04 Å². The second-order valence-electron chi connectivity index (χ2n) is 9.13. The minimum atomic E-state index is 0.227. The van der Waals surface area contributed by atoms with Crippen molar-refractivity contribution in [3.63, 3.8) is 0 Å². The van der Waals surface area contributed by atoms with Gasteiger partial charge in [0.25, 0.3) is 0 Å². The van der Waals surface area contributed by atoms with Crippen molar-refractivity contribution >= 4 is 0 Å². The van der Waals surface area contributed by atoms with Crippen molar-refractivity contribution in [2.45, 2.75) is 45.8 Å². The van der Waals surface area contributed by atoms with Crippen molar-refractivity contribution in [2.24, 2.45) is 0 Å². The highest BCUT2D eigenvalue weighted by Gasteiger charge is 2.26. The number of likely N-dealkylation sites (N-methyl/N-ethyl adjacent to an activating group) is 1. The molecule has 1 saturated heterocycles. The van der Waals surface area contributed by atoms with E-state index in [0.29, 0.717) is 12.6 Å². The van der Waals surface area contributed by atoms with Crippen LogP contribution >= 0.6 is 0 Å². The van der Waals surface area contributed by atoms with Gasteiger partial charge in [-0.05, 0) is 45.0 Å². The zero-order valence-corrected chi connectivity index (χ0v) is 19.5. The van der Waals surface area contributed by atoms with E-state index in [0.717, 1.165) is 67.8 Å². The summed E-state index contributed by atoms with van der Waals surface area (Å²) in [6, 6.07) is 7.29. The van der Waals surface area contributed by atoms with Crippen molar-refractivity contribution in [2.75, 3.05) is 39.8 Å². The molecule has 0 radical (unpaired) electrons. The Hall–Kier alpha value is -2.71. The van der Waals surface area contributed by atoms with Crippen LogP contribution in [0.4, 0.5) is 0 Å². The molecule has 0 spiro atoms. The van der Waals surface area contributed by atoms with Gasteiger partial charge in [-0.3, -0.25) is 4.90 Å². The summed E-state index contributed by atoms with van der Waals surface area (Å²) in [4.78, 5) is 14.5. The SMILES string of the molecule is CCC(c1ccc2c(c1)-c1nc(-c3ncnn3C(C)C)cn1CCO2)N1CCN(C)CC1. The number of nitrogens with zero attached hydrogens (tertiary/aromatic N) is 7. The van der Waals surface area contributed by atoms with Gasteiger partial charge in [-0.1, -0.05) is 13.0 Å². The standard InChI is InChI=1S/C24H33N7O/c1-5-21(29-10-8-28(4)9-11-29)18-6-7-22-19(14-18)23-27-20(15-30(23)12-13-32-22)24-25-16-26-31(24)17(2)3/h6-7,14-17,21H,5,8-13H2,1-4H3. The summed E-state index contributed by atoms with van der Waals surface area (Å²) >= 11 is 0.